The van der Waals surface area contributed by atoms with Gasteiger partial charge in [0.2, 0.25) is 13.6 Å². The van der Waals surface area contributed by atoms with Gasteiger partial charge < -0.3 is 23.8 Å². The minimum Gasteiger partial charge on any atom is -0.454 e. The van der Waals surface area contributed by atoms with E-state index >= 15 is 0 Å². The summed E-state index contributed by atoms with van der Waals surface area (Å²) in [6.45, 7) is 1.15. The van der Waals surface area contributed by atoms with E-state index < -0.39 is 0 Å². The van der Waals surface area contributed by atoms with Gasteiger partial charge in [0.25, 0.3) is 5.91 Å². The number of carbonyl (C=O) groups excluding carboxylic acids is 1. The lowest BCUT2D eigenvalue weighted by Gasteiger charge is -2.24. The second-order valence-corrected chi connectivity index (χ2v) is 7.91. The van der Waals surface area contributed by atoms with E-state index in [4.69, 9.17) is 18.9 Å². The van der Waals surface area contributed by atoms with Gasteiger partial charge in [-0.15, -0.1) is 0 Å². The van der Waals surface area contributed by atoms with Gasteiger partial charge in [-0.05, 0) is 48.0 Å². The number of pyridine rings is 1. The molecule has 0 saturated heterocycles. The van der Waals surface area contributed by atoms with Gasteiger partial charge in [-0.25, -0.2) is 0 Å². The van der Waals surface area contributed by atoms with Crippen LogP contribution in [0, 0.1) is 0 Å². The molecule has 0 atom stereocenters. The van der Waals surface area contributed by atoms with E-state index in [1.54, 1.807) is 11.1 Å². The maximum absolute atomic E-state index is 13.7. The number of benzene rings is 3. The Morgan fingerprint density at radius 2 is 1.70 bits per heavy atom. The molecule has 0 spiro atoms. The summed E-state index contributed by atoms with van der Waals surface area (Å²) in [5.74, 6) is 2.69. The third kappa shape index (κ3) is 3.67. The van der Waals surface area contributed by atoms with E-state index in [2.05, 4.69) is 4.98 Å². The van der Waals surface area contributed by atoms with Gasteiger partial charge >= 0.3 is 0 Å². The fourth-order valence-corrected chi connectivity index (χ4v) is 4.17. The van der Waals surface area contributed by atoms with Crippen LogP contribution in [-0.2, 0) is 13.1 Å². The van der Waals surface area contributed by atoms with E-state index in [0.29, 0.717) is 41.7 Å². The first-order chi connectivity index (χ1) is 16.2. The van der Waals surface area contributed by atoms with Crippen molar-refractivity contribution < 1.29 is 23.7 Å². The van der Waals surface area contributed by atoms with Crippen molar-refractivity contribution in [2.75, 3.05) is 13.6 Å². The third-order valence-electron chi connectivity index (χ3n) is 5.79. The Kier molecular flexibility index (Phi) is 4.72. The Morgan fingerprint density at radius 3 is 2.67 bits per heavy atom. The molecule has 33 heavy (non-hydrogen) atoms. The van der Waals surface area contributed by atoms with Crippen molar-refractivity contribution in [1.29, 1.82) is 0 Å². The number of carbonyl (C=O) groups is 1. The third-order valence-corrected chi connectivity index (χ3v) is 5.79. The highest BCUT2D eigenvalue weighted by Gasteiger charge is 2.24. The highest BCUT2D eigenvalue weighted by Crippen LogP contribution is 2.37. The molecule has 3 heterocycles. The van der Waals surface area contributed by atoms with Crippen molar-refractivity contribution >= 4 is 16.8 Å². The molecule has 6 rings (SSSR count). The van der Waals surface area contributed by atoms with Crippen LogP contribution in [0.2, 0.25) is 0 Å². The molecule has 7 nitrogen and oxygen atoms in total. The molecule has 2 aliphatic rings. The zero-order valence-electron chi connectivity index (χ0n) is 17.7. The van der Waals surface area contributed by atoms with Crippen molar-refractivity contribution in [3.63, 3.8) is 0 Å². The van der Waals surface area contributed by atoms with Crippen molar-refractivity contribution in [1.82, 2.24) is 9.88 Å². The minimum absolute atomic E-state index is 0.0880. The maximum atomic E-state index is 13.7. The van der Waals surface area contributed by atoms with Crippen LogP contribution in [0.15, 0.2) is 72.9 Å². The summed E-state index contributed by atoms with van der Waals surface area (Å²) in [5.41, 5.74) is 3.28. The molecule has 4 aromatic rings. The van der Waals surface area contributed by atoms with E-state index in [1.165, 1.54) is 0 Å². The number of hydrogen-bond acceptors (Lipinski definition) is 6. The summed E-state index contributed by atoms with van der Waals surface area (Å²) in [6.07, 6.45) is 1.74. The standard InChI is InChI=1S/C26H20N2O5/c29-26(19-7-8-21-18(12-19)4-2-10-27-21)28(13-17-6-9-22-24(11-17)32-15-30-22)14-20-3-1-5-23-25(20)33-16-31-23/h1-12H,13-16H2. The van der Waals surface area contributed by atoms with Gasteiger partial charge in [-0.1, -0.05) is 24.3 Å². The number of rotatable bonds is 5. The van der Waals surface area contributed by atoms with E-state index in [0.717, 1.165) is 22.0 Å². The van der Waals surface area contributed by atoms with Crippen LogP contribution in [0.3, 0.4) is 0 Å². The first-order valence-electron chi connectivity index (χ1n) is 10.6. The van der Waals surface area contributed by atoms with Crippen LogP contribution in [-0.4, -0.2) is 29.4 Å². The lowest BCUT2D eigenvalue weighted by atomic mass is 10.1. The highest BCUT2D eigenvalue weighted by molar-refractivity contribution is 5.98. The summed E-state index contributed by atoms with van der Waals surface area (Å²) in [6, 6.07) is 20.9. The van der Waals surface area contributed by atoms with Gasteiger partial charge in [0, 0.05) is 29.3 Å². The number of para-hydroxylation sites is 1. The van der Waals surface area contributed by atoms with Crippen LogP contribution in [0.4, 0.5) is 0 Å². The van der Waals surface area contributed by atoms with Gasteiger partial charge in [0.05, 0.1) is 12.1 Å². The molecule has 164 valence electrons. The lowest BCUT2D eigenvalue weighted by Crippen LogP contribution is -2.30. The van der Waals surface area contributed by atoms with Crippen LogP contribution in [0.5, 0.6) is 23.0 Å². The van der Waals surface area contributed by atoms with Crippen molar-refractivity contribution in [3.8, 4) is 23.0 Å². The lowest BCUT2D eigenvalue weighted by molar-refractivity contribution is 0.0728. The molecule has 0 radical (unpaired) electrons. The van der Waals surface area contributed by atoms with Crippen LogP contribution >= 0.6 is 0 Å². The molecule has 0 bridgehead atoms. The smallest absolute Gasteiger partial charge is 0.254 e. The van der Waals surface area contributed by atoms with Crippen molar-refractivity contribution in [2.24, 2.45) is 0 Å². The van der Waals surface area contributed by atoms with E-state index in [-0.39, 0.29) is 19.5 Å². The summed E-state index contributed by atoms with van der Waals surface area (Å²) < 4.78 is 22.1. The first-order valence-corrected chi connectivity index (χ1v) is 10.6. The quantitative estimate of drug-likeness (QED) is 0.454. The molecule has 0 fully saturated rings. The predicted octanol–water partition coefficient (Wildman–Crippen LogP) is 4.53. The Morgan fingerprint density at radius 1 is 0.818 bits per heavy atom. The Bertz CT molecular complexity index is 1370. The van der Waals surface area contributed by atoms with Crippen LogP contribution < -0.4 is 18.9 Å². The second-order valence-electron chi connectivity index (χ2n) is 7.91. The van der Waals surface area contributed by atoms with Crippen molar-refractivity contribution in [2.45, 2.75) is 13.1 Å². The predicted molar refractivity (Wildman–Crippen MR) is 120 cm³/mol. The number of fused-ring (bicyclic) bond motifs is 3. The van der Waals surface area contributed by atoms with Crippen LogP contribution in [0.25, 0.3) is 10.9 Å². The number of aromatic nitrogens is 1. The topological polar surface area (TPSA) is 70.1 Å². The van der Waals surface area contributed by atoms with Gasteiger partial charge in [0.1, 0.15) is 0 Å². The fourth-order valence-electron chi connectivity index (χ4n) is 4.17. The average molecular weight is 440 g/mol. The molecule has 0 saturated carbocycles. The number of ether oxygens (including phenoxy) is 4. The number of hydrogen-bond donors (Lipinski definition) is 0. The summed E-state index contributed by atoms with van der Waals surface area (Å²) >= 11 is 0. The fraction of sp³-hybridized carbons (Fsp3) is 0.154. The molecule has 0 unspecified atom stereocenters. The average Bonchev–Trinajstić information content (AvgIpc) is 3.52. The highest BCUT2D eigenvalue weighted by atomic mass is 16.7. The molecule has 1 aromatic heterocycles. The Labute approximate surface area is 190 Å². The number of nitrogens with zero attached hydrogens (tertiary/aromatic N) is 2. The SMILES string of the molecule is O=C(c1ccc2ncccc2c1)N(Cc1ccc2c(c1)OCO2)Cc1cccc2c1OCO2. The molecular weight excluding hydrogens is 420 g/mol. The van der Waals surface area contributed by atoms with Gasteiger partial charge in [0.15, 0.2) is 23.0 Å². The molecule has 7 heteroatoms. The second kappa shape index (κ2) is 8.02. The van der Waals surface area contributed by atoms with Crippen LogP contribution in [0.1, 0.15) is 21.5 Å². The molecular formula is C26H20N2O5. The molecule has 0 aliphatic carbocycles. The number of amides is 1. The molecule has 0 N–H and O–H groups in total. The van der Waals surface area contributed by atoms with E-state index in [9.17, 15) is 4.79 Å². The van der Waals surface area contributed by atoms with E-state index in [1.807, 2.05) is 66.7 Å². The molecule has 1 amide bonds. The zero-order chi connectivity index (χ0) is 22.2. The maximum Gasteiger partial charge on any atom is 0.254 e. The first kappa shape index (κ1) is 19.4. The summed E-state index contributed by atoms with van der Waals surface area (Å²) in [4.78, 5) is 19.9. The monoisotopic (exact) mass is 440 g/mol. The zero-order valence-corrected chi connectivity index (χ0v) is 17.7. The minimum atomic E-state index is -0.0880. The summed E-state index contributed by atoms with van der Waals surface area (Å²) in [5, 5.41) is 0.920. The Hall–Kier alpha value is -4.26. The summed E-state index contributed by atoms with van der Waals surface area (Å²) in [7, 11) is 0. The normalized spacial score (nSPS) is 13.3. The van der Waals surface area contributed by atoms with Gasteiger partial charge in [-0.2, -0.15) is 0 Å². The molecule has 2 aliphatic heterocycles. The molecule has 3 aromatic carbocycles. The Balaban J connectivity index is 1.36. The van der Waals surface area contributed by atoms with Gasteiger partial charge in [-0.3, -0.25) is 9.78 Å². The van der Waals surface area contributed by atoms with Crippen molar-refractivity contribution in [3.05, 3.63) is 89.6 Å². The largest absolute Gasteiger partial charge is 0.454 e.